The fraction of sp³-hybridized carbons (Fsp3) is 0.900. The zero-order valence-corrected chi connectivity index (χ0v) is 8.54. The van der Waals surface area contributed by atoms with Gasteiger partial charge in [0.1, 0.15) is 0 Å². The van der Waals surface area contributed by atoms with Gasteiger partial charge in [-0.15, -0.1) is 0 Å². The van der Waals surface area contributed by atoms with E-state index in [0.717, 1.165) is 32.5 Å². The molecule has 80 valence electrons. The predicted molar refractivity (Wildman–Crippen MR) is 50.9 cm³/mol. The Morgan fingerprint density at radius 1 is 1.57 bits per heavy atom. The molecule has 14 heavy (non-hydrogen) atoms. The number of ether oxygens (including phenoxy) is 2. The lowest BCUT2D eigenvalue weighted by atomic mass is 9.70. The first-order chi connectivity index (χ1) is 6.78. The van der Waals surface area contributed by atoms with Crippen LogP contribution in [0, 0.1) is 11.3 Å². The Hall–Kier alpha value is -0.610. The fourth-order valence-electron chi connectivity index (χ4n) is 2.55. The van der Waals surface area contributed by atoms with Crippen molar-refractivity contribution in [3.05, 3.63) is 0 Å². The van der Waals surface area contributed by atoms with E-state index in [0.29, 0.717) is 6.61 Å². The number of carbonyl (C=O) groups excluding carboxylic acids is 1. The lowest BCUT2D eigenvalue weighted by molar-refractivity contribution is -0.151. The molecule has 0 aromatic rings. The van der Waals surface area contributed by atoms with Gasteiger partial charge in [-0.05, 0) is 19.4 Å². The minimum Gasteiger partial charge on any atom is -0.469 e. The molecule has 2 saturated heterocycles. The number of nitrogens with one attached hydrogen (secondary N) is 1. The molecule has 0 aromatic heterocycles. The van der Waals surface area contributed by atoms with Crippen LogP contribution in [0.1, 0.15) is 12.8 Å². The molecule has 0 radical (unpaired) electrons. The molecule has 0 aliphatic carbocycles. The van der Waals surface area contributed by atoms with Crippen LogP contribution in [0.5, 0.6) is 0 Å². The second-order valence-corrected chi connectivity index (χ2v) is 4.19. The molecule has 1 N–H and O–H groups in total. The Labute approximate surface area is 84.0 Å². The van der Waals surface area contributed by atoms with Crippen molar-refractivity contribution < 1.29 is 14.3 Å². The molecule has 4 nitrogen and oxygen atoms in total. The standard InChI is InChI=1S/C10H17NO3/c1-13-9(12)8-6-11-4-2-10(8)3-5-14-7-10/h8,11H,2-7H2,1H3. The number of hydrogen-bond donors (Lipinski definition) is 1. The van der Waals surface area contributed by atoms with Crippen molar-refractivity contribution in [2.75, 3.05) is 33.4 Å². The van der Waals surface area contributed by atoms with Crippen molar-refractivity contribution >= 4 is 5.97 Å². The molecule has 2 heterocycles. The summed E-state index contributed by atoms with van der Waals surface area (Å²) >= 11 is 0. The van der Waals surface area contributed by atoms with E-state index in [-0.39, 0.29) is 17.3 Å². The number of piperidine rings is 1. The van der Waals surface area contributed by atoms with E-state index in [2.05, 4.69) is 5.32 Å². The maximum atomic E-state index is 11.6. The Kier molecular flexibility index (Phi) is 2.74. The van der Waals surface area contributed by atoms with E-state index in [4.69, 9.17) is 9.47 Å². The average Bonchev–Trinajstić information content (AvgIpc) is 2.67. The molecule has 2 unspecified atom stereocenters. The van der Waals surface area contributed by atoms with Crippen LogP contribution in [-0.2, 0) is 14.3 Å². The highest BCUT2D eigenvalue weighted by Crippen LogP contribution is 2.41. The van der Waals surface area contributed by atoms with Crippen LogP contribution in [0.4, 0.5) is 0 Å². The molecule has 2 atom stereocenters. The summed E-state index contributed by atoms with van der Waals surface area (Å²) in [6.07, 6.45) is 2.02. The quantitative estimate of drug-likeness (QED) is 0.612. The molecule has 0 bridgehead atoms. The largest absolute Gasteiger partial charge is 0.469 e. The first-order valence-corrected chi connectivity index (χ1v) is 5.15. The highest BCUT2D eigenvalue weighted by atomic mass is 16.5. The van der Waals surface area contributed by atoms with Crippen molar-refractivity contribution in [1.82, 2.24) is 5.32 Å². The first-order valence-electron chi connectivity index (χ1n) is 5.15. The van der Waals surface area contributed by atoms with E-state index in [1.54, 1.807) is 0 Å². The zero-order valence-electron chi connectivity index (χ0n) is 8.54. The van der Waals surface area contributed by atoms with Gasteiger partial charge in [0.15, 0.2) is 0 Å². The Bertz CT molecular complexity index is 223. The van der Waals surface area contributed by atoms with E-state index in [1.807, 2.05) is 0 Å². The second kappa shape index (κ2) is 3.87. The van der Waals surface area contributed by atoms with Crippen molar-refractivity contribution in [3.8, 4) is 0 Å². The van der Waals surface area contributed by atoms with Gasteiger partial charge in [-0.3, -0.25) is 4.79 Å². The Balaban J connectivity index is 2.14. The Morgan fingerprint density at radius 2 is 2.43 bits per heavy atom. The number of methoxy groups -OCH3 is 1. The molecule has 2 fully saturated rings. The zero-order chi connectivity index (χ0) is 10.0. The van der Waals surface area contributed by atoms with Crippen molar-refractivity contribution in [2.45, 2.75) is 12.8 Å². The van der Waals surface area contributed by atoms with Crippen molar-refractivity contribution in [1.29, 1.82) is 0 Å². The summed E-state index contributed by atoms with van der Waals surface area (Å²) in [6, 6.07) is 0. The summed E-state index contributed by atoms with van der Waals surface area (Å²) in [5.74, 6) is -0.119. The van der Waals surface area contributed by atoms with Gasteiger partial charge in [0, 0.05) is 18.6 Å². The maximum Gasteiger partial charge on any atom is 0.310 e. The fourth-order valence-corrected chi connectivity index (χ4v) is 2.55. The minimum atomic E-state index is -0.0947. The monoisotopic (exact) mass is 199 g/mol. The highest BCUT2D eigenvalue weighted by Gasteiger charge is 2.47. The van der Waals surface area contributed by atoms with E-state index in [9.17, 15) is 4.79 Å². The van der Waals surface area contributed by atoms with E-state index < -0.39 is 0 Å². The summed E-state index contributed by atoms with van der Waals surface area (Å²) in [5, 5.41) is 3.24. The van der Waals surface area contributed by atoms with Crippen LogP contribution in [0.2, 0.25) is 0 Å². The summed E-state index contributed by atoms with van der Waals surface area (Å²) in [5.41, 5.74) is 0.0539. The summed E-state index contributed by atoms with van der Waals surface area (Å²) in [7, 11) is 1.46. The van der Waals surface area contributed by atoms with Gasteiger partial charge in [-0.25, -0.2) is 0 Å². The lowest BCUT2D eigenvalue weighted by Crippen LogP contribution is -2.49. The van der Waals surface area contributed by atoms with Gasteiger partial charge in [0.2, 0.25) is 0 Å². The minimum absolute atomic E-state index is 0.0243. The molecule has 0 saturated carbocycles. The van der Waals surface area contributed by atoms with Crippen LogP contribution in [0.15, 0.2) is 0 Å². The van der Waals surface area contributed by atoms with Crippen LogP contribution in [0.3, 0.4) is 0 Å². The molecule has 2 rings (SSSR count). The van der Waals surface area contributed by atoms with Gasteiger partial charge < -0.3 is 14.8 Å². The van der Waals surface area contributed by atoms with Crippen molar-refractivity contribution in [3.63, 3.8) is 0 Å². The summed E-state index contributed by atoms with van der Waals surface area (Å²) in [4.78, 5) is 11.6. The van der Waals surface area contributed by atoms with Crippen molar-refractivity contribution in [2.24, 2.45) is 11.3 Å². The molecule has 0 aromatic carbocycles. The molecular weight excluding hydrogens is 182 g/mol. The predicted octanol–water partition coefficient (Wildman–Crippen LogP) is 0.176. The molecule has 0 amide bonds. The third kappa shape index (κ3) is 1.53. The summed E-state index contributed by atoms with van der Waals surface area (Å²) < 4.78 is 10.3. The smallest absolute Gasteiger partial charge is 0.310 e. The number of rotatable bonds is 1. The summed E-state index contributed by atoms with van der Waals surface area (Å²) in [6.45, 7) is 3.22. The highest BCUT2D eigenvalue weighted by molar-refractivity contribution is 5.73. The first kappa shape index (κ1) is 9.93. The lowest BCUT2D eigenvalue weighted by Gasteiger charge is -2.38. The molecule has 2 aliphatic heterocycles. The molecular formula is C10H17NO3. The SMILES string of the molecule is COC(=O)C1CNCCC12CCOC2. The van der Waals surface area contributed by atoms with Crippen LogP contribution in [0.25, 0.3) is 0 Å². The van der Waals surface area contributed by atoms with Gasteiger partial charge >= 0.3 is 5.97 Å². The Morgan fingerprint density at radius 3 is 3.07 bits per heavy atom. The number of hydrogen-bond acceptors (Lipinski definition) is 4. The normalized spacial score (nSPS) is 37.4. The van der Waals surface area contributed by atoms with E-state index >= 15 is 0 Å². The molecule has 1 spiro atoms. The average molecular weight is 199 g/mol. The third-order valence-electron chi connectivity index (χ3n) is 3.51. The van der Waals surface area contributed by atoms with Crippen LogP contribution >= 0.6 is 0 Å². The van der Waals surface area contributed by atoms with Gasteiger partial charge in [0.05, 0.1) is 19.6 Å². The van der Waals surface area contributed by atoms with Gasteiger partial charge in [0.25, 0.3) is 0 Å². The van der Waals surface area contributed by atoms with Crippen LogP contribution in [-0.4, -0.2) is 39.4 Å². The van der Waals surface area contributed by atoms with Crippen LogP contribution < -0.4 is 5.32 Å². The number of esters is 1. The molecule has 2 aliphatic rings. The second-order valence-electron chi connectivity index (χ2n) is 4.19. The molecule has 4 heteroatoms. The maximum absolute atomic E-state index is 11.6. The van der Waals surface area contributed by atoms with Gasteiger partial charge in [-0.1, -0.05) is 0 Å². The third-order valence-corrected chi connectivity index (χ3v) is 3.51. The topological polar surface area (TPSA) is 47.6 Å². The van der Waals surface area contributed by atoms with E-state index in [1.165, 1.54) is 7.11 Å². The van der Waals surface area contributed by atoms with Gasteiger partial charge in [-0.2, -0.15) is 0 Å². The number of carbonyl (C=O) groups is 1.